The second-order valence-electron chi connectivity index (χ2n) is 5.04. The van der Waals surface area contributed by atoms with E-state index in [1.807, 2.05) is 0 Å². The first-order valence-corrected chi connectivity index (χ1v) is 9.70. The van der Waals surface area contributed by atoms with Crippen LogP contribution in [0.15, 0.2) is 24.3 Å². The van der Waals surface area contributed by atoms with Crippen molar-refractivity contribution >= 4 is 39.1 Å². The van der Waals surface area contributed by atoms with Gasteiger partial charge in [-0.2, -0.15) is 0 Å². The highest BCUT2D eigenvalue weighted by molar-refractivity contribution is 8.02. The molecule has 0 radical (unpaired) electrons. The van der Waals surface area contributed by atoms with Crippen molar-refractivity contribution in [3.63, 3.8) is 0 Å². The number of carbonyl (C=O) groups excluding carboxylic acids is 2. The first kappa shape index (κ1) is 16.8. The van der Waals surface area contributed by atoms with E-state index in [0.717, 1.165) is 0 Å². The van der Waals surface area contributed by atoms with Crippen molar-refractivity contribution in [3.05, 3.63) is 29.8 Å². The second-order valence-corrected chi connectivity index (χ2v) is 8.56. The van der Waals surface area contributed by atoms with Crippen LogP contribution in [0.2, 0.25) is 0 Å². The number of anilines is 1. The van der Waals surface area contributed by atoms with Crippen LogP contribution >= 0.6 is 11.8 Å². The van der Waals surface area contributed by atoms with Crippen molar-refractivity contribution < 1.29 is 18.0 Å². The fourth-order valence-corrected chi connectivity index (χ4v) is 5.58. The lowest BCUT2D eigenvalue weighted by Gasteiger charge is -2.09. The Balaban J connectivity index is 1.81. The minimum atomic E-state index is -2.91. The zero-order valence-corrected chi connectivity index (χ0v) is 13.8. The Morgan fingerprint density at radius 3 is 2.50 bits per heavy atom. The number of hydrogen-bond acceptors (Lipinski definition) is 5. The molecule has 0 saturated carbocycles. The molecule has 1 aromatic carbocycles. The molecule has 0 bridgehead atoms. The van der Waals surface area contributed by atoms with E-state index in [1.54, 1.807) is 31.3 Å². The van der Waals surface area contributed by atoms with Gasteiger partial charge in [0.25, 0.3) is 5.91 Å². The lowest BCUT2D eigenvalue weighted by molar-refractivity contribution is -0.113. The number of benzene rings is 1. The molecule has 1 aliphatic heterocycles. The summed E-state index contributed by atoms with van der Waals surface area (Å²) in [6.45, 7) is 0. The molecule has 120 valence electrons. The monoisotopic (exact) mass is 342 g/mol. The predicted molar refractivity (Wildman–Crippen MR) is 88.0 cm³/mol. The molecule has 2 N–H and O–H groups in total. The van der Waals surface area contributed by atoms with Gasteiger partial charge in [0.05, 0.1) is 17.3 Å². The minimum absolute atomic E-state index is 0.00590. The number of amides is 2. The molecule has 8 heteroatoms. The molecule has 0 unspecified atom stereocenters. The summed E-state index contributed by atoms with van der Waals surface area (Å²) in [5.74, 6) is 0.231. The summed E-state index contributed by atoms with van der Waals surface area (Å²) in [7, 11) is -1.35. The average Bonchev–Trinajstić information content (AvgIpc) is 2.84. The number of nitrogens with one attached hydrogen (secondary N) is 2. The maximum atomic E-state index is 11.8. The smallest absolute Gasteiger partial charge is 0.251 e. The number of thioether (sulfide) groups is 1. The third-order valence-corrected chi connectivity index (χ3v) is 6.58. The van der Waals surface area contributed by atoms with Crippen LogP contribution in [0.1, 0.15) is 16.8 Å². The highest BCUT2D eigenvalue weighted by atomic mass is 32.2. The highest BCUT2D eigenvalue weighted by Crippen LogP contribution is 2.24. The molecule has 1 heterocycles. The lowest BCUT2D eigenvalue weighted by Crippen LogP contribution is -2.19. The Labute approximate surface area is 134 Å². The van der Waals surface area contributed by atoms with Gasteiger partial charge in [-0.3, -0.25) is 9.59 Å². The average molecular weight is 342 g/mol. The SMILES string of the molecule is CNC(=O)c1ccc(NC(=O)CS[C@H]2CCS(=O)(=O)C2)cc1. The summed E-state index contributed by atoms with van der Waals surface area (Å²) in [5.41, 5.74) is 1.13. The molecule has 1 aliphatic rings. The maximum absolute atomic E-state index is 11.8. The van der Waals surface area contributed by atoms with Crippen molar-refractivity contribution in [2.45, 2.75) is 11.7 Å². The van der Waals surface area contributed by atoms with Crippen LogP contribution in [-0.4, -0.2) is 49.8 Å². The summed E-state index contributed by atoms with van der Waals surface area (Å²) in [5, 5.41) is 5.26. The zero-order chi connectivity index (χ0) is 16.2. The lowest BCUT2D eigenvalue weighted by atomic mass is 10.2. The van der Waals surface area contributed by atoms with E-state index < -0.39 is 9.84 Å². The third kappa shape index (κ3) is 4.74. The molecule has 0 spiro atoms. The molecule has 2 rings (SSSR count). The summed E-state index contributed by atoms with van der Waals surface area (Å²) < 4.78 is 22.7. The van der Waals surface area contributed by atoms with Crippen LogP contribution in [-0.2, 0) is 14.6 Å². The van der Waals surface area contributed by atoms with E-state index in [2.05, 4.69) is 10.6 Å². The normalized spacial score (nSPS) is 19.6. The third-order valence-electron chi connectivity index (χ3n) is 3.30. The topological polar surface area (TPSA) is 92.3 Å². The van der Waals surface area contributed by atoms with Crippen LogP contribution in [0.25, 0.3) is 0 Å². The first-order chi connectivity index (χ1) is 10.4. The van der Waals surface area contributed by atoms with Gasteiger partial charge in [0.15, 0.2) is 9.84 Å². The van der Waals surface area contributed by atoms with E-state index in [0.29, 0.717) is 17.7 Å². The largest absolute Gasteiger partial charge is 0.355 e. The molecule has 1 fully saturated rings. The van der Waals surface area contributed by atoms with E-state index in [9.17, 15) is 18.0 Å². The van der Waals surface area contributed by atoms with Gasteiger partial charge in [0.1, 0.15) is 0 Å². The van der Waals surface area contributed by atoms with Crippen molar-refractivity contribution in [1.82, 2.24) is 5.32 Å². The Morgan fingerprint density at radius 1 is 1.27 bits per heavy atom. The summed E-state index contributed by atoms with van der Waals surface area (Å²) in [4.78, 5) is 23.2. The van der Waals surface area contributed by atoms with Crippen molar-refractivity contribution in [2.75, 3.05) is 29.6 Å². The molecule has 1 saturated heterocycles. The van der Waals surface area contributed by atoms with E-state index >= 15 is 0 Å². The molecule has 6 nitrogen and oxygen atoms in total. The number of hydrogen-bond donors (Lipinski definition) is 2. The van der Waals surface area contributed by atoms with E-state index in [-0.39, 0.29) is 34.3 Å². The molecule has 0 aliphatic carbocycles. The molecule has 1 atom stereocenters. The van der Waals surface area contributed by atoms with E-state index in [4.69, 9.17) is 0 Å². The molecular formula is C14H18N2O4S2. The Kier molecular flexibility index (Phi) is 5.47. The van der Waals surface area contributed by atoms with Crippen LogP contribution in [0.4, 0.5) is 5.69 Å². The Morgan fingerprint density at radius 2 is 1.95 bits per heavy atom. The van der Waals surface area contributed by atoms with Gasteiger partial charge < -0.3 is 10.6 Å². The van der Waals surface area contributed by atoms with Crippen LogP contribution < -0.4 is 10.6 Å². The van der Waals surface area contributed by atoms with Crippen LogP contribution in [0, 0.1) is 0 Å². The van der Waals surface area contributed by atoms with Crippen LogP contribution in [0.3, 0.4) is 0 Å². The number of sulfone groups is 1. The van der Waals surface area contributed by atoms with Crippen LogP contribution in [0.5, 0.6) is 0 Å². The molecule has 0 aromatic heterocycles. The Bertz CT molecular complexity index is 656. The fourth-order valence-electron chi connectivity index (χ4n) is 2.13. The number of carbonyl (C=O) groups is 2. The highest BCUT2D eigenvalue weighted by Gasteiger charge is 2.28. The molecule has 1 aromatic rings. The van der Waals surface area contributed by atoms with E-state index in [1.165, 1.54) is 11.8 Å². The first-order valence-electron chi connectivity index (χ1n) is 6.83. The van der Waals surface area contributed by atoms with Gasteiger partial charge in [-0.1, -0.05) is 0 Å². The van der Waals surface area contributed by atoms with Crippen molar-refractivity contribution in [1.29, 1.82) is 0 Å². The van der Waals surface area contributed by atoms with Crippen molar-refractivity contribution in [2.24, 2.45) is 0 Å². The summed E-state index contributed by atoms with van der Waals surface area (Å²) in [6.07, 6.45) is 0.612. The quantitative estimate of drug-likeness (QED) is 0.830. The second kappa shape index (κ2) is 7.15. The van der Waals surface area contributed by atoms with Crippen molar-refractivity contribution in [3.8, 4) is 0 Å². The minimum Gasteiger partial charge on any atom is -0.355 e. The molecule has 2 amide bonds. The summed E-state index contributed by atoms with van der Waals surface area (Å²) in [6, 6.07) is 6.58. The molecular weight excluding hydrogens is 324 g/mol. The zero-order valence-electron chi connectivity index (χ0n) is 12.2. The van der Waals surface area contributed by atoms with Gasteiger partial charge in [0.2, 0.25) is 5.91 Å². The fraction of sp³-hybridized carbons (Fsp3) is 0.429. The maximum Gasteiger partial charge on any atom is 0.251 e. The van der Waals surface area contributed by atoms with Gasteiger partial charge in [-0.15, -0.1) is 11.8 Å². The Hall–Kier alpha value is -1.54. The van der Waals surface area contributed by atoms with Gasteiger partial charge in [-0.25, -0.2) is 8.42 Å². The van der Waals surface area contributed by atoms with Gasteiger partial charge >= 0.3 is 0 Å². The molecule has 22 heavy (non-hydrogen) atoms. The standard InChI is InChI=1S/C14H18N2O4S2/c1-15-14(18)10-2-4-11(5-3-10)16-13(17)8-21-12-6-7-22(19,20)9-12/h2-5,12H,6-9H2,1H3,(H,15,18)(H,16,17)/t12-/m0/s1. The van der Waals surface area contributed by atoms with Gasteiger partial charge in [-0.05, 0) is 30.7 Å². The number of rotatable bonds is 5. The predicted octanol–water partition coefficient (Wildman–Crippen LogP) is 0.905. The van der Waals surface area contributed by atoms with Gasteiger partial charge in [0, 0.05) is 23.5 Å². The summed E-state index contributed by atoms with van der Waals surface area (Å²) >= 11 is 1.37.